The van der Waals surface area contributed by atoms with Crippen LogP contribution in [0.15, 0.2) is 24.3 Å². The lowest BCUT2D eigenvalue weighted by atomic mass is 10.1. The number of aromatic nitrogens is 3. The molecule has 100 valence electrons. The van der Waals surface area contributed by atoms with Crippen LogP contribution in [-0.2, 0) is 17.7 Å². The van der Waals surface area contributed by atoms with Gasteiger partial charge in [0.15, 0.2) is 5.69 Å². The number of esters is 1. The maximum absolute atomic E-state index is 11.6. The maximum Gasteiger partial charge on any atom is 0.360 e. The van der Waals surface area contributed by atoms with Gasteiger partial charge in [0.05, 0.1) is 19.3 Å². The summed E-state index contributed by atoms with van der Waals surface area (Å²) in [5.74, 6) is -0.438. The van der Waals surface area contributed by atoms with Gasteiger partial charge in [-0.25, -0.2) is 9.48 Å². The summed E-state index contributed by atoms with van der Waals surface area (Å²) in [4.78, 5) is 11.6. The average Bonchev–Trinajstić information content (AvgIpc) is 2.83. The van der Waals surface area contributed by atoms with Crippen LogP contribution in [0.3, 0.4) is 0 Å². The monoisotopic (exact) mass is 259 g/mol. The highest BCUT2D eigenvalue weighted by Crippen LogP contribution is 2.11. The molecule has 0 spiro atoms. The number of ether oxygens (including phenoxy) is 1. The predicted molar refractivity (Wildman–Crippen MR) is 71.0 cm³/mol. The topological polar surface area (TPSA) is 57.0 Å². The van der Waals surface area contributed by atoms with Crippen LogP contribution in [0.4, 0.5) is 0 Å². The summed E-state index contributed by atoms with van der Waals surface area (Å²) in [5.41, 5.74) is 3.44. The van der Waals surface area contributed by atoms with Gasteiger partial charge in [-0.3, -0.25) is 0 Å². The standard InChI is InChI=1S/C14H17N3O2/c1-4-12-13(14(18)19-3)15-16-17(12)9-11-7-5-10(2)6-8-11/h5-8H,4,9H2,1-3H3. The van der Waals surface area contributed by atoms with Crippen molar-refractivity contribution in [1.82, 2.24) is 15.0 Å². The van der Waals surface area contributed by atoms with Gasteiger partial charge in [-0.1, -0.05) is 42.0 Å². The van der Waals surface area contributed by atoms with Crippen molar-refractivity contribution in [3.05, 3.63) is 46.8 Å². The third kappa shape index (κ3) is 2.81. The Hall–Kier alpha value is -2.17. The average molecular weight is 259 g/mol. The van der Waals surface area contributed by atoms with Crippen LogP contribution < -0.4 is 0 Å². The molecule has 1 aromatic carbocycles. The third-order valence-electron chi connectivity index (χ3n) is 3.00. The lowest BCUT2D eigenvalue weighted by molar-refractivity contribution is 0.0592. The highest BCUT2D eigenvalue weighted by Gasteiger charge is 2.18. The van der Waals surface area contributed by atoms with Crippen LogP contribution in [-0.4, -0.2) is 28.1 Å². The van der Waals surface area contributed by atoms with E-state index in [1.165, 1.54) is 12.7 Å². The second-order valence-electron chi connectivity index (χ2n) is 4.37. The van der Waals surface area contributed by atoms with Crippen LogP contribution >= 0.6 is 0 Å². The summed E-state index contributed by atoms with van der Waals surface area (Å²) in [6, 6.07) is 8.21. The lowest BCUT2D eigenvalue weighted by Crippen LogP contribution is -2.09. The molecule has 1 aromatic heterocycles. The number of nitrogens with zero attached hydrogens (tertiary/aromatic N) is 3. The van der Waals surface area contributed by atoms with Crippen molar-refractivity contribution in [2.45, 2.75) is 26.8 Å². The molecule has 0 aliphatic carbocycles. The number of hydrogen-bond acceptors (Lipinski definition) is 4. The van der Waals surface area contributed by atoms with Gasteiger partial charge in [-0.05, 0) is 18.9 Å². The Morgan fingerprint density at radius 1 is 1.32 bits per heavy atom. The Labute approximate surface area is 112 Å². The number of carbonyl (C=O) groups excluding carboxylic acids is 1. The van der Waals surface area contributed by atoms with E-state index in [1.54, 1.807) is 4.68 Å². The molecule has 2 rings (SSSR count). The second-order valence-corrected chi connectivity index (χ2v) is 4.37. The Kier molecular flexibility index (Phi) is 3.94. The molecule has 0 N–H and O–H groups in total. The molecule has 0 fully saturated rings. The first-order chi connectivity index (χ1) is 9.15. The Balaban J connectivity index is 2.28. The fourth-order valence-electron chi connectivity index (χ4n) is 1.93. The van der Waals surface area contributed by atoms with E-state index in [9.17, 15) is 4.79 Å². The molecule has 0 radical (unpaired) electrons. The highest BCUT2D eigenvalue weighted by atomic mass is 16.5. The van der Waals surface area contributed by atoms with Crippen molar-refractivity contribution in [1.29, 1.82) is 0 Å². The SMILES string of the molecule is CCc1c(C(=O)OC)nnn1Cc1ccc(C)cc1. The highest BCUT2D eigenvalue weighted by molar-refractivity contribution is 5.88. The first-order valence-corrected chi connectivity index (χ1v) is 6.22. The fraction of sp³-hybridized carbons (Fsp3) is 0.357. The number of carbonyl (C=O) groups is 1. The van der Waals surface area contributed by atoms with Crippen molar-refractivity contribution >= 4 is 5.97 Å². The Bertz CT molecular complexity index is 573. The van der Waals surface area contributed by atoms with E-state index >= 15 is 0 Å². The quantitative estimate of drug-likeness (QED) is 0.788. The Morgan fingerprint density at radius 3 is 2.58 bits per heavy atom. The molecule has 2 aromatic rings. The molecule has 0 aliphatic rings. The number of benzene rings is 1. The maximum atomic E-state index is 11.6. The molecule has 5 heteroatoms. The smallest absolute Gasteiger partial charge is 0.360 e. The van der Waals surface area contributed by atoms with Crippen LogP contribution in [0.5, 0.6) is 0 Å². The van der Waals surface area contributed by atoms with Gasteiger partial charge < -0.3 is 4.74 Å². The van der Waals surface area contributed by atoms with E-state index in [0.29, 0.717) is 18.7 Å². The van der Waals surface area contributed by atoms with Crippen molar-refractivity contribution in [3.63, 3.8) is 0 Å². The summed E-state index contributed by atoms with van der Waals surface area (Å²) in [5, 5.41) is 7.95. The van der Waals surface area contributed by atoms with Gasteiger partial charge in [-0.15, -0.1) is 5.10 Å². The van der Waals surface area contributed by atoms with Gasteiger partial charge in [0.2, 0.25) is 0 Å². The Morgan fingerprint density at radius 2 is 2.00 bits per heavy atom. The minimum Gasteiger partial charge on any atom is -0.464 e. The summed E-state index contributed by atoms with van der Waals surface area (Å²) >= 11 is 0. The summed E-state index contributed by atoms with van der Waals surface area (Å²) in [7, 11) is 1.35. The molecule has 0 saturated carbocycles. The van der Waals surface area contributed by atoms with Crippen molar-refractivity contribution in [2.24, 2.45) is 0 Å². The molecule has 0 bridgehead atoms. The zero-order valence-corrected chi connectivity index (χ0v) is 11.4. The van der Waals surface area contributed by atoms with Crippen molar-refractivity contribution in [3.8, 4) is 0 Å². The van der Waals surface area contributed by atoms with E-state index < -0.39 is 5.97 Å². The molecule has 0 aliphatic heterocycles. The van der Waals surface area contributed by atoms with Crippen molar-refractivity contribution < 1.29 is 9.53 Å². The minimum absolute atomic E-state index is 0.303. The molecule has 0 saturated heterocycles. The summed E-state index contributed by atoms with van der Waals surface area (Å²) in [6.45, 7) is 4.62. The number of aryl methyl sites for hydroxylation is 1. The van der Waals surface area contributed by atoms with Gasteiger partial charge in [0.25, 0.3) is 0 Å². The first-order valence-electron chi connectivity index (χ1n) is 6.22. The molecule has 0 amide bonds. The van der Waals surface area contributed by atoms with Gasteiger partial charge in [-0.2, -0.15) is 0 Å². The van der Waals surface area contributed by atoms with Crippen LogP contribution in [0, 0.1) is 6.92 Å². The number of methoxy groups -OCH3 is 1. The van der Waals surface area contributed by atoms with Crippen LogP contribution in [0.1, 0.15) is 34.2 Å². The van der Waals surface area contributed by atoms with Crippen LogP contribution in [0.2, 0.25) is 0 Å². The molecular weight excluding hydrogens is 242 g/mol. The van der Waals surface area contributed by atoms with E-state index in [2.05, 4.69) is 22.4 Å². The summed E-state index contributed by atoms with van der Waals surface area (Å²) in [6.07, 6.45) is 0.684. The second kappa shape index (κ2) is 5.65. The summed E-state index contributed by atoms with van der Waals surface area (Å²) < 4.78 is 6.45. The van der Waals surface area contributed by atoms with E-state index in [4.69, 9.17) is 4.74 Å². The molecule has 1 heterocycles. The third-order valence-corrected chi connectivity index (χ3v) is 3.00. The van der Waals surface area contributed by atoms with E-state index in [1.807, 2.05) is 26.0 Å². The zero-order chi connectivity index (χ0) is 13.8. The predicted octanol–water partition coefficient (Wildman–Crippen LogP) is 1.98. The molecule has 0 unspecified atom stereocenters. The number of hydrogen-bond donors (Lipinski definition) is 0. The zero-order valence-electron chi connectivity index (χ0n) is 11.4. The first kappa shape index (κ1) is 13.3. The number of rotatable bonds is 4. The van der Waals surface area contributed by atoms with Gasteiger partial charge in [0, 0.05) is 0 Å². The molecular formula is C14H17N3O2. The van der Waals surface area contributed by atoms with Crippen LogP contribution in [0.25, 0.3) is 0 Å². The lowest BCUT2D eigenvalue weighted by Gasteiger charge is -2.06. The van der Waals surface area contributed by atoms with Crippen molar-refractivity contribution in [2.75, 3.05) is 7.11 Å². The van der Waals surface area contributed by atoms with E-state index in [-0.39, 0.29) is 0 Å². The normalized spacial score (nSPS) is 10.5. The molecule has 19 heavy (non-hydrogen) atoms. The fourth-order valence-corrected chi connectivity index (χ4v) is 1.93. The molecule has 5 nitrogen and oxygen atoms in total. The largest absolute Gasteiger partial charge is 0.464 e. The van der Waals surface area contributed by atoms with E-state index in [0.717, 1.165) is 11.3 Å². The minimum atomic E-state index is -0.438. The van der Waals surface area contributed by atoms with Gasteiger partial charge >= 0.3 is 5.97 Å². The molecule has 0 atom stereocenters. The van der Waals surface area contributed by atoms with Gasteiger partial charge in [0.1, 0.15) is 0 Å².